The van der Waals surface area contributed by atoms with Gasteiger partial charge in [0.25, 0.3) is 0 Å². The van der Waals surface area contributed by atoms with Gasteiger partial charge in [0.1, 0.15) is 5.75 Å². The van der Waals surface area contributed by atoms with E-state index in [0.717, 1.165) is 31.8 Å². The van der Waals surface area contributed by atoms with Crippen LogP contribution in [0, 0.1) is 6.92 Å². The molecule has 0 bridgehead atoms. The van der Waals surface area contributed by atoms with Crippen LogP contribution in [-0.2, 0) is 13.0 Å². The third kappa shape index (κ3) is 4.21. The predicted octanol–water partition coefficient (Wildman–Crippen LogP) is 3.49. The minimum Gasteiger partial charge on any atom is -0.497 e. The Hall–Kier alpha value is -2.30. The second-order valence-electron chi connectivity index (χ2n) is 6.44. The normalized spacial score (nSPS) is 11.4. The Balaban J connectivity index is 1.76. The first kappa shape index (κ1) is 17.5. The molecule has 0 saturated carbocycles. The molecule has 0 saturated heterocycles. The summed E-state index contributed by atoms with van der Waals surface area (Å²) in [5.74, 6) is 0.899. The molecular weight excluding hydrogens is 310 g/mol. The summed E-state index contributed by atoms with van der Waals surface area (Å²) in [7, 11) is 1.71. The second-order valence-corrected chi connectivity index (χ2v) is 6.44. The van der Waals surface area contributed by atoms with Gasteiger partial charge in [-0.2, -0.15) is 0 Å². The third-order valence-corrected chi connectivity index (χ3v) is 4.70. The first-order chi connectivity index (χ1) is 12.2. The van der Waals surface area contributed by atoms with Crippen LogP contribution in [-0.4, -0.2) is 36.6 Å². The van der Waals surface area contributed by atoms with Crippen molar-refractivity contribution in [2.45, 2.75) is 19.9 Å². The maximum Gasteiger partial charge on any atom is 0.119 e. The number of nitrogens with two attached hydrogens (primary N) is 1. The number of nitrogens with zero attached hydrogens (tertiary/aromatic N) is 1. The Bertz CT molecular complexity index is 811. The highest BCUT2D eigenvalue weighted by Crippen LogP contribution is 2.27. The van der Waals surface area contributed by atoms with E-state index in [9.17, 15) is 0 Å². The number of nitrogens with one attached hydrogen (secondary N) is 1. The fraction of sp³-hybridized carbons (Fsp3) is 0.333. The van der Waals surface area contributed by atoms with Gasteiger partial charge >= 0.3 is 0 Å². The van der Waals surface area contributed by atoms with Crippen LogP contribution in [0.2, 0.25) is 0 Å². The Morgan fingerprint density at radius 1 is 1.08 bits per heavy atom. The molecule has 3 rings (SSSR count). The maximum atomic E-state index is 5.83. The lowest BCUT2D eigenvalue weighted by Gasteiger charge is -2.21. The van der Waals surface area contributed by atoms with Gasteiger partial charge in [-0.1, -0.05) is 30.3 Å². The molecule has 0 radical (unpaired) electrons. The molecule has 3 aromatic rings. The summed E-state index contributed by atoms with van der Waals surface area (Å²) in [4.78, 5) is 5.91. The number of fused-ring (bicyclic) bond motifs is 1. The molecule has 1 aromatic heterocycles. The van der Waals surface area contributed by atoms with Crippen molar-refractivity contribution < 1.29 is 4.74 Å². The number of H-pyrrole nitrogens is 1. The van der Waals surface area contributed by atoms with E-state index in [1.54, 1.807) is 7.11 Å². The van der Waals surface area contributed by atoms with Crippen molar-refractivity contribution in [3.63, 3.8) is 0 Å². The van der Waals surface area contributed by atoms with E-state index >= 15 is 0 Å². The number of aromatic nitrogens is 1. The van der Waals surface area contributed by atoms with Crippen LogP contribution in [0.1, 0.15) is 16.8 Å². The lowest BCUT2D eigenvalue weighted by molar-refractivity contribution is 0.276. The fourth-order valence-electron chi connectivity index (χ4n) is 3.37. The Morgan fingerprint density at radius 2 is 1.88 bits per heavy atom. The standard InChI is InChI=1S/C21H27N3O/c1-16-19(20-14-18(25-2)8-9-21(20)23-16)10-12-24(13-11-22)15-17-6-4-3-5-7-17/h3-9,14,23H,10-13,15,22H2,1-2H3. The molecule has 2 aromatic carbocycles. The lowest BCUT2D eigenvalue weighted by Crippen LogP contribution is -2.31. The van der Waals surface area contributed by atoms with Crippen LogP contribution in [0.15, 0.2) is 48.5 Å². The van der Waals surface area contributed by atoms with Crippen LogP contribution in [0.4, 0.5) is 0 Å². The largest absolute Gasteiger partial charge is 0.497 e. The molecular formula is C21H27N3O. The average Bonchev–Trinajstić information content (AvgIpc) is 2.95. The molecule has 1 heterocycles. The van der Waals surface area contributed by atoms with E-state index in [0.29, 0.717) is 6.54 Å². The second kappa shape index (κ2) is 8.19. The molecule has 0 aliphatic heterocycles. The smallest absolute Gasteiger partial charge is 0.119 e. The summed E-state index contributed by atoms with van der Waals surface area (Å²) >= 11 is 0. The molecule has 4 heteroatoms. The number of rotatable bonds is 8. The molecule has 0 fully saturated rings. The maximum absolute atomic E-state index is 5.83. The average molecular weight is 337 g/mol. The first-order valence-electron chi connectivity index (χ1n) is 8.83. The molecule has 25 heavy (non-hydrogen) atoms. The summed E-state index contributed by atoms with van der Waals surface area (Å²) in [5.41, 5.74) is 10.9. The van der Waals surface area contributed by atoms with Crippen molar-refractivity contribution in [1.29, 1.82) is 0 Å². The lowest BCUT2D eigenvalue weighted by atomic mass is 10.1. The summed E-state index contributed by atoms with van der Waals surface area (Å²) in [6.07, 6.45) is 0.992. The topological polar surface area (TPSA) is 54.3 Å². The molecule has 0 aliphatic rings. The summed E-state index contributed by atoms with van der Waals surface area (Å²) in [6, 6.07) is 16.8. The zero-order valence-electron chi connectivity index (χ0n) is 15.1. The summed E-state index contributed by atoms with van der Waals surface area (Å²) in [5, 5.41) is 1.25. The van der Waals surface area contributed by atoms with Crippen molar-refractivity contribution >= 4 is 10.9 Å². The number of hydrogen-bond acceptors (Lipinski definition) is 3. The highest BCUT2D eigenvalue weighted by atomic mass is 16.5. The monoisotopic (exact) mass is 337 g/mol. The molecule has 0 spiro atoms. The Labute approximate surface area is 149 Å². The number of aryl methyl sites for hydroxylation is 1. The number of aromatic amines is 1. The zero-order chi connectivity index (χ0) is 17.6. The molecule has 4 nitrogen and oxygen atoms in total. The highest BCUT2D eigenvalue weighted by molar-refractivity contribution is 5.86. The van der Waals surface area contributed by atoms with Gasteiger partial charge in [-0.15, -0.1) is 0 Å². The molecule has 3 N–H and O–H groups in total. The van der Waals surface area contributed by atoms with Crippen molar-refractivity contribution in [2.75, 3.05) is 26.7 Å². The highest BCUT2D eigenvalue weighted by Gasteiger charge is 2.12. The predicted molar refractivity (Wildman–Crippen MR) is 104 cm³/mol. The minimum absolute atomic E-state index is 0.674. The van der Waals surface area contributed by atoms with Crippen molar-refractivity contribution in [1.82, 2.24) is 9.88 Å². The minimum atomic E-state index is 0.674. The van der Waals surface area contributed by atoms with Gasteiger partial charge in [-0.05, 0) is 42.7 Å². The molecule has 0 aliphatic carbocycles. The molecule has 0 amide bonds. The van der Waals surface area contributed by atoms with Crippen LogP contribution in [0.5, 0.6) is 5.75 Å². The van der Waals surface area contributed by atoms with Gasteiger partial charge in [0, 0.05) is 42.8 Å². The summed E-state index contributed by atoms with van der Waals surface area (Å²) in [6.45, 7) is 5.64. The van der Waals surface area contributed by atoms with E-state index in [4.69, 9.17) is 10.5 Å². The van der Waals surface area contributed by atoms with E-state index < -0.39 is 0 Å². The van der Waals surface area contributed by atoms with E-state index in [1.807, 2.05) is 6.07 Å². The number of methoxy groups -OCH3 is 1. The van der Waals surface area contributed by atoms with Gasteiger partial charge < -0.3 is 15.5 Å². The van der Waals surface area contributed by atoms with Gasteiger partial charge in [-0.25, -0.2) is 0 Å². The van der Waals surface area contributed by atoms with Crippen molar-refractivity contribution in [2.24, 2.45) is 5.73 Å². The van der Waals surface area contributed by atoms with Gasteiger partial charge in [-0.3, -0.25) is 4.90 Å². The van der Waals surface area contributed by atoms with Crippen molar-refractivity contribution in [3.05, 3.63) is 65.4 Å². The Kier molecular flexibility index (Phi) is 5.74. The fourth-order valence-corrected chi connectivity index (χ4v) is 3.37. The van der Waals surface area contributed by atoms with Crippen LogP contribution in [0.25, 0.3) is 10.9 Å². The van der Waals surface area contributed by atoms with E-state index in [1.165, 1.54) is 27.7 Å². The van der Waals surface area contributed by atoms with Gasteiger partial charge in [0.2, 0.25) is 0 Å². The zero-order valence-corrected chi connectivity index (χ0v) is 15.1. The van der Waals surface area contributed by atoms with E-state index in [2.05, 4.69) is 59.3 Å². The van der Waals surface area contributed by atoms with Crippen LogP contribution < -0.4 is 10.5 Å². The van der Waals surface area contributed by atoms with Crippen molar-refractivity contribution in [3.8, 4) is 5.75 Å². The number of benzene rings is 2. The summed E-state index contributed by atoms with van der Waals surface area (Å²) < 4.78 is 5.39. The number of ether oxygens (including phenoxy) is 1. The van der Waals surface area contributed by atoms with Crippen LogP contribution >= 0.6 is 0 Å². The van der Waals surface area contributed by atoms with Crippen LogP contribution in [0.3, 0.4) is 0 Å². The molecule has 0 unspecified atom stereocenters. The SMILES string of the molecule is COc1ccc2[nH]c(C)c(CCN(CCN)Cc3ccccc3)c2c1. The molecule has 0 atom stereocenters. The van der Waals surface area contributed by atoms with Gasteiger partial charge in [0.15, 0.2) is 0 Å². The van der Waals surface area contributed by atoms with E-state index in [-0.39, 0.29) is 0 Å². The Morgan fingerprint density at radius 3 is 2.60 bits per heavy atom. The molecule has 132 valence electrons. The quantitative estimate of drug-likeness (QED) is 0.661. The first-order valence-corrected chi connectivity index (χ1v) is 8.83. The number of hydrogen-bond donors (Lipinski definition) is 2. The van der Waals surface area contributed by atoms with Gasteiger partial charge in [0.05, 0.1) is 7.11 Å². The third-order valence-electron chi connectivity index (χ3n) is 4.70.